The maximum atomic E-state index is 13.7. The highest BCUT2D eigenvalue weighted by atomic mass is 35.5. The van der Waals surface area contributed by atoms with E-state index in [0.29, 0.717) is 11.6 Å². The normalized spacial score (nSPS) is 19.0. The van der Waals surface area contributed by atoms with E-state index in [2.05, 4.69) is 17.6 Å². The molecule has 0 saturated carbocycles. The van der Waals surface area contributed by atoms with Crippen molar-refractivity contribution in [1.82, 2.24) is 5.32 Å². The van der Waals surface area contributed by atoms with Crippen LogP contribution in [0.25, 0.3) is 0 Å². The van der Waals surface area contributed by atoms with Crippen molar-refractivity contribution in [3.63, 3.8) is 0 Å². The topological polar surface area (TPSA) is 24.1 Å². The van der Waals surface area contributed by atoms with Crippen LogP contribution in [0.2, 0.25) is 5.02 Å². The van der Waals surface area contributed by atoms with Crippen molar-refractivity contribution < 1.29 is 4.39 Å². The second-order valence-electron chi connectivity index (χ2n) is 4.62. The minimum atomic E-state index is -0.352. The Morgan fingerprint density at radius 2 is 2.12 bits per heavy atom. The van der Waals surface area contributed by atoms with Gasteiger partial charge < -0.3 is 10.6 Å². The number of piperidine rings is 1. The lowest BCUT2D eigenvalue weighted by molar-refractivity contribution is 0.342. The molecule has 1 aromatic rings. The van der Waals surface area contributed by atoms with Gasteiger partial charge in [0.05, 0.1) is 10.7 Å². The summed E-state index contributed by atoms with van der Waals surface area (Å²) in [5.74, 6) is 0.240. The molecule has 1 aromatic carbocycles. The summed E-state index contributed by atoms with van der Waals surface area (Å²) in [5, 5.41) is 6.74. The maximum Gasteiger partial charge on any atom is 0.164 e. The summed E-state index contributed by atoms with van der Waals surface area (Å²) in [6.45, 7) is 4.21. The van der Waals surface area contributed by atoms with Crippen molar-refractivity contribution in [2.75, 3.05) is 18.4 Å². The first-order chi connectivity index (χ1) is 8.18. The number of anilines is 1. The minimum absolute atomic E-state index is 0.174. The highest BCUT2D eigenvalue weighted by molar-refractivity contribution is 6.31. The fraction of sp³-hybridized carbons (Fsp3) is 0.538. The molecule has 0 aliphatic carbocycles. The number of benzene rings is 1. The summed E-state index contributed by atoms with van der Waals surface area (Å²) in [6.07, 6.45) is 2.27. The lowest BCUT2D eigenvalue weighted by Crippen LogP contribution is -2.36. The number of nitrogens with one attached hydrogen (secondary N) is 2. The second-order valence-corrected chi connectivity index (χ2v) is 5.03. The summed E-state index contributed by atoms with van der Waals surface area (Å²) >= 11 is 5.76. The lowest BCUT2D eigenvalue weighted by Gasteiger charge is -2.29. The minimum Gasteiger partial charge on any atom is -0.380 e. The molecule has 1 aliphatic heterocycles. The van der Waals surface area contributed by atoms with Crippen LogP contribution in [-0.4, -0.2) is 19.1 Å². The van der Waals surface area contributed by atoms with E-state index in [9.17, 15) is 4.39 Å². The van der Waals surface area contributed by atoms with Crippen LogP contribution in [-0.2, 0) is 0 Å². The zero-order valence-electron chi connectivity index (χ0n) is 9.97. The van der Waals surface area contributed by atoms with Crippen LogP contribution in [0.1, 0.15) is 19.8 Å². The van der Waals surface area contributed by atoms with Gasteiger partial charge >= 0.3 is 0 Å². The number of hydrogen-bond donors (Lipinski definition) is 2. The Morgan fingerprint density at radius 3 is 2.82 bits per heavy atom. The molecule has 2 rings (SSSR count). The Labute approximate surface area is 107 Å². The van der Waals surface area contributed by atoms with E-state index < -0.39 is 0 Å². The summed E-state index contributed by atoms with van der Waals surface area (Å²) in [6, 6.07) is 5.34. The monoisotopic (exact) mass is 256 g/mol. The SMILES string of the molecule is CC(Nc1cccc(Cl)c1F)C1CCNCC1. The molecule has 0 bridgehead atoms. The van der Waals surface area contributed by atoms with E-state index in [1.807, 2.05) is 0 Å². The number of rotatable bonds is 3. The summed E-state index contributed by atoms with van der Waals surface area (Å²) in [7, 11) is 0. The van der Waals surface area contributed by atoms with Gasteiger partial charge in [0, 0.05) is 6.04 Å². The van der Waals surface area contributed by atoms with Crippen LogP contribution >= 0.6 is 11.6 Å². The largest absolute Gasteiger partial charge is 0.380 e. The quantitative estimate of drug-likeness (QED) is 0.867. The Morgan fingerprint density at radius 1 is 1.41 bits per heavy atom. The molecule has 1 fully saturated rings. The standard InChI is InChI=1S/C13H18ClFN2/c1-9(10-5-7-16-8-6-10)17-12-4-2-3-11(14)13(12)15/h2-4,9-10,16-17H,5-8H2,1H3. The van der Waals surface area contributed by atoms with Gasteiger partial charge in [-0.05, 0) is 50.9 Å². The first-order valence-corrected chi connectivity index (χ1v) is 6.47. The lowest BCUT2D eigenvalue weighted by atomic mass is 9.91. The van der Waals surface area contributed by atoms with Crippen molar-refractivity contribution in [2.45, 2.75) is 25.8 Å². The van der Waals surface area contributed by atoms with Gasteiger partial charge in [-0.25, -0.2) is 4.39 Å². The van der Waals surface area contributed by atoms with E-state index >= 15 is 0 Å². The molecule has 0 radical (unpaired) electrons. The molecular weight excluding hydrogens is 239 g/mol. The van der Waals surface area contributed by atoms with Gasteiger partial charge in [0.1, 0.15) is 0 Å². The van der Waals surface area contributed by atoms with Crippen LogP contribution in [0.5, 0.6) is 0 Å². The van der Waals surface area contributed by atoms with E-state index in [4.69, 9.17) is 11.6 Å². The first-order valence-electron chi connectivity index (χ1n) is 6.09. The molecule has 94 valence electrons. The number of hydrogen-bond acceptors (Lipinski definition) is 2. The van der Waals surface area contributed by atoms with Crippen molar-refractivity contribution >= 4 is 17.3 Å². The van der Waals surface area contributed by atoms with Crippen LogP contribution < -0.4 is 10.6 Å². The van der Waals surface area contributed by atoms with Crippen molar-refractivity contribution in [3.05, 3.63) is 29.0 Å². The van der Waals surface area contributed by atoms with Gasteiger partial charge in [0.25, 0.3) is 0 Å². The summed E-state index contributed by atoms with van der Waals surface area (Å²) in [5.41, 5.74) is 0.503. The molecule has 2 nitrogen and oxygen atoms in total. The molecule has 0 spiro atoms. The smallest absolute Gasteiger partial charge is 0.164 e. The van der Waals surface area contributed by atoms with E-state index in [-0.39, 0.29) is 16.9 Å². The third-order valence-corrected chi connectivity index (χ3v) is 3.72. The Kier molecular flexibility index (Phi) is 4.24. The molecule has 0 amide bonds. The second kappa shape index (κ2) is 5.69. The molecule has 2 N–H and O–H groups in total. The Balaban J connectivity index is 2.01. The predicted octanol–water partition coefficient (Wildman–Crippen LogP) is 3.28. The molecule has 1 unspecified atom stereocenters. The molecule has 1 aliphatic rings. The van der Waals surface area contributed by atoms with Crippen LogP contribution in [0.15, 0.2) is 18.2 Å². The molecule has 1 saturated heterocycles. The molecule has 0 aromatic heterocycles. The van der Waals surface area contributed by atoms with Crippen LogP contribution in [0.4, 0.5) is 10.1 Å². The predicted molar refractivity (Wildman–Crippen MR) is 70.1 cm³/mol. The highest BCUT2D eigenvalue weighted by Crippen LogP contribution is 2.25. The van der Waals surface area contributed by atoms with Gasteiger partial charge in [-0.15, -0.1) is 0 Å². The Bertz CT molecular complexity index is 378. The Hall–Kier alpha value is -0.800. The van der Waals surface area contributed by atoms with Crippen molar-refractivity contribution in [1.29, 1.82) is 0 Å². The molecule has 4 heteroatoms. The molecule has 1 atom stereocenters. The fourth-order valence-corrected chi connectivity index (χ4v) is 2.50. The maximum absolute atomic E-state index is 13.7. The van der Waals surface area contributed by atoms with E-state index in [1.165, 1.54) is 0 Å². The fourth-order valence-electron chi connectivity index (χ4n) is 2.32. The van der Waals surface area contributed by atoms with Crippen molar-refractivity contribution in [3.8, 4) is 0 Å². The summed E-state index contributed by atoms with van der Waals surface area (Å²) in [4.78, 5) is 0. The zero-order chi connectivity index (χ0) is 12.3. The number of halogens is 2. The van der Waals surface area contributed by atoms with Crippen molar-refractivity contribution in [2.24, 2.45) is 5.92 Å². The first kappa shape index (κ1) is 12.7. The van der Waals surface area contributed by atoms with Gasteiger partial charge in [-0.2, -0.15) is 0 Å². The molecule has 17 heavy (non-hydrogen) atoms. The van der Waals surface area contributed by atoms with E-state index in [0.717, 1.165) is 25.9 Å². The van der Waals surface area contributed by atoms with Gasteiger partial charge in [-0.3, -0.25) is 0 Å². The zero-order valence-corrected chi connectivity index (χ0v) is 10.7. The summed E-state index contributed by atoms with van der Waals surface area (Å²) < 4.78 is 13.7. The average molecular weight is 257 g/mol. The van der Waals surface area contributed by atoms with Crippen LogP contribution in [0, 0.1) is 11.7 Å². The average Bonchev–Trinajstić information content (AvgIpc) is 2.36. The van der Waals surface area contributed by atoms with E-state index in [1.54, 1.807) is 18.2 Å². The third-order valence-electron chi connectivity index (χ3n) is 3.43. The molecule has 1 heterocycles. The van der Waals surface area contributed by atoms with Crippen LogP contribution in [0.3, 0.4) is 0 Å². The highest BCUT2D eigenvalue weighted by Gasteiger charge is 2.20. The van der Waals surface area contributed by atoms with Gasteiger partial charge in [-0.1, -0.05) is 17.7 Å². The third kappa shape index (κ3) is 3.11. The van der Waals surface area contributed by atoms with Gasteiger partial charge in [0.2, 0.25) is 0 Å². The van der Waals surface area contributed by atoms with Gasteiger partial charge in [0.15, 0.2) is 5.82 Å². The molecular formula is C13H18ClFN2.